The first-order valence-corrected chi connectivity index (χ1v) is 8.92. The van der Waals surface area contributed by atoms with Crippen molar-refractivity contribution in [3.8, 4) is 11.5 Å². The van der Waals surface area contributed by atoms with E-state index in [0.717, 1.165) is 6.42 Å². The molecule has 0 aromatic heterocycles. The normalized spacial score (nSPS) is 10.1. The lowest BCUT2D eigenvalue weighted by Gasteiger charge is -2.21. The second-order valence-corrected chi connectivity index (χ2v) is 6.03. The Balaban J connectivity index is 1.72. The molecule has 0 fully saturated rings. The van der Waals surface area contributed by atoms with Crippen molar-refractivity contribution >= 4 is 11.8 Å². The Morgan fingerprint density at radius 2 is 1.63 bits per heavy atom. The molecule has 2 aromatic carbocycles. The van der Waals surface area contributed by atoms with Crippen LogP contribution in [0.1, 0.15) is 12.5 Å². The predicted octanol–water partition coefficient (Wildman–Crippen LogP) is 2.28. The third-order valence-electron chi connectivity index (χ3n) is 4.09. The average Bonchev–Trinajstić information content (AvgIpc) is 2.69. The average molecular weight is 370 g/mol. The van der Waals surface area contributed by atoms with Crippen LogP contribution in [0, 0.1) is 0 Å². The molecule has 0 saturated heterocycles. The molecule has 0 bridgehead atoms. The molecular weight excluding hydrogens is 344 g/mol. The summed E-state index contributed by atoms with van der Waals surface area (Å²) in [7, 11) is 1.55. The number of amides is 2. The van der Waals surface area contributed by atoms with Crippen molar-refractivity contribution in [1.82, 2.24) is 10.2 Å². The number of rotatable bonds is 10. The first-order chi connectivity index (χ1) is 13.1. The molecule has 6 nitrogen and oxygen atoms in total. The quantitative estimate of drug-likeness (QED) is 0.697. The van der Waals surface area contributed by atoms with Crippen molar-refractivity contribution < 1.29 is 19.1 Å². The van der Waals surface area contributed by atoms with Gasteiger partial charge in [0.1, 0.15) is 0 Å². The fourth-order valence-electron chi connectivity index (χ4n) is 2.60. The molecule has 27 heavy (non-hydrogen) atoms. The summed E-state index contributed by atoms with van der Waals surface area (Å²) >= 11 is 0. The van der Waals surface area contributed by atoms with Crippen LogP contribution in [-0.2, 0) is 16.0 Å². The summed E-state index contributed by atoms with van der Waals surface area (Å²) in [5, 5.41) is 2.78. The zero-order valence-corrected chi connectivity index (χ0v) is 15.8. The van der Waals surface area contributed by atoms with E-state index in [1.807, 2.05) is 42.5 Å². The summed E-state index contributed by atoms with van der Waals surface area (Å²) in [5.41, 5.74) is 1.18. The first kappa shape index (κ1) is 20.3. The van der Waals surface area contributed by atoms with E-state index in [1.165, 1.54) is 12.5 Å². The van der Waals surface area contributed by atoms with Gasteiger partial charge in [0, 0.05) is 26.6 Å². The van der Waals surface area contributed by atoms with E-state index in [-0.39, 0.29) is 18.4 Å². The summed E-state index contributed by atoms with van der Waals surface area (Å²) in [5.74, 6) is 0.843. The molecule has 0 spiro atoms. The number of nitrogens with zero attached hydrogens (tertiary/aromatic N) is 1. The van der Waals surface area contributed by atoms with Crippen molar-refractivity contribution in [1.29, 1.82) is 0 Å². The van der Waals surface area contributed by atoms with E-state index in [9.17, 15) is 9.59 Å². The molecule has 0 saturated carbocycles. The molecule has 0 aliphatic carbocycles. The van der Waals surface area contributed by atoms with Crippen molar-refractivity contribution in [2.24, 2.45) is 0 Å². The summed E-state index contributed by atoms with van der Waals surface area (Å²) in [6, 6.07) is 17.2. The van der Waals surface area contributed by atoms with Gasteiger partial charge in [0.15, 0.2) is 18.1 Å². The molecule has 0 aliphatic rings. The zero-order valence-electron chi connectivity index (χ0n) is 15.8. The van der Waals surface area contributed by atoms with Crippen molar-refractivity contribution in [2.75, 3.05) is 33.4 Å². The molecule has 2 aromatic rings. The number of carbonyl (C=O) groups excluding carboxylic acids is 2. The third kappa shape index (κ3) is 7.01. The molecular formula is C21H26N2O4. The standard InChI is InChI=1S/C21H26N2O4/c1-17(24)23(14-12-18-8-4-3-5-9-18)15-13-22-21(25)16-27-20-11-7-6-10-19(20)26-2/h3-11H,12-16H2,1-2H3,(H,22,25). The Morgan fingerprint density at radius 1 is 0.963 bits per heavy atom. The maximum Gasteiger partial charge on any atom is 0.258 e. The summed E-state index contributed by atoms with van der Waals surface area (Å²) in [6.45, 7) is 2.89. The number of methoxy groups -OCH3 is 1. The Kier molecular flexibility index (Phi) is 8.16. The molecule has 0 heterocycles. The van der Waals surface area contributed by atoms with Gasteiger partial charge in [-0.1, -0.05) is 42.5 Å². The lowest BCUT2D eigenvalue weighted by atomic mass is 10.1. The van der Waals surface area contributed by atoms with Gasteiger partial charge in [-0.05, 0) is 24.1 Å². The lowest BCUT2D eigenvalue weighted by Crippen LogP contribution is -2.39. The van der Waals surface area contributed by atoms with Crippen molar-refractivity contribution in [3.63, 3.8) is 0 Å². The topological polar surface area (TPSA) is 67.9 Å². The van der Waals surface area contributed by atoms with Gasteiger partial charge in [-0.15, -0.1) is 0 Å². The van der Waals surface area contributed by atoms with E-state index < -0.39 is 0 Å². The Morgan fingerprint density at radius 3 is 2.30 bits per heavy atom. The van der Waals surface area contributed by atoms with Gasteiger partial charge in [0.2, 0.25) is 5.91 Å². The summed E-state index contributed by atoms with van der Waals surface area (Å²) in [4.78, 5) is 25.5. The van der Waals surface area contributed by atoms with Gasteiger partial charge < -0.3 is 19.7 Å². The molecule has 2 amide bonds. The van der Waals surface area contributed by atoms with Crippen LogP contribution in [0.4, 0.5) is 0 Å². The number of para-hydroxylation sites is 2. The highest BCUT2D eigenvalue weighted by Gasteiger charge is 2.10. The maximum atomic E-state index is 12.0. The highest BCUT2D eigenvalue weighted by molar-refractivity contribution is 5.77. The fraction of sp³-hybridized carbons (Fsp3) is 0.333. The predicted molar refractivity (Wildman–Crippen MR) is 104 cm³/mol. The molecule has 0 radical (unpaired) electrons. The largest absolute Gasteiger partial charge is 0.493 e. The molecule has 144 valence electrons. The summed E-state index contributed by atoms with van der Waals surface area (Å²) < 4.78 is 10.7. The van der Waals surface area contributed by atoms with E-state index >= 15 is 0 Å². The third-order valence-corrected chi connectivity index (χ3v) is 4.09. The van der Waals surface area contributed by atoms with Gasteiger partial charge in [0.25, 0.3) is 5.91 Å². The maximum absolute atomic E-state index is 12.0. The van der Waals surface area contributed by atoms with Crippen molar-refractivity contribution in [2.45, 2.75) is 13.3 Å². The van der Waals surface area contributed by atoms with Crippen LogP contribution in [-0.4, -0.2) is 50.1 Å². The number of carbonyl (C=O) groups is 2. The van der Waals surface area contributed by atoms with Crippen LogP contribution in [0.5, 0.6) is 11.5 Å². The molecule has 0 atom stereocenters. The Bertz CT molecular complexity index is 734. The molecule has 0 aliphatic heterocycles. The highest BCUT2D eigenvalue weighted by Crippen LogP contribution is 2.25. The minimum Gasteiger partial charge on any atom is -0.493 e. The van der Waals surface area contributed by atoms with E-state index in [1.54, 1.807) is 24.1 Å². The second kappa shape index (κ2) is 10.9. The van der Waals surface area contributed by atoms with Crippen LogP contribution >= 0.6 is 0 Å². The SMILES string of the molecule is COc1ccccc1OCC(=O)NCCN(CCc1ccccc1)C(C)=O. The number of ether oxygens (including phenoxy) is 2. The minimum atomic E-state index is -0.243. The minimum absolute atomic E-state index is 0.00884. The van der Waals surface area contributed by atoms with Gasteiger partial charge in [-0.25, -0.2) is 0 Å². The molecule has 0 unspecified atom stereocenters. The lowest BCUT2D eigenvalue weighted by molar-refractivity contribution is -0.129. The fourth-order valence-corrected chi connectivity index (χ4v) is 2.60. The van der Waals surface area contributed by atoms with E-state index in [2.05, 4.69) is 5.32 Å². The van der Waals surface area contributed by atoms with E-state index in [4.69, 9.17) is 9.47 Å². The smallest absolute Gasteiger partial charge is 0.258 e. The van der Waals surface area contributed by atoms with Crippen LogP contribution < -0.4 is 14.8 Å². The second-order valence-electron chi connectivity index (χ2n) is 6.03. The van der Waals surface area contributed by atoms with E-state index in [0.29, 0.717) is 31.1 Å². The Hall–Kier alpha value is -3.02. The zero-order chi connectivity index (χ0) is 19.5. The van der Waals surface area contributed by atoms with Crippen LogP contribution in [0.15, 0.2) is 54.6 Å². The molecule has 2 rings (SSSR count). The number of nitrogens with one attached hydrogen (secondary N) is 1. The van der Waals surface area contributed by atoms with Gasteiger partial charge in [0.05, 0.1) is 7.11 Å². The Labute approximate surface area is 160 Å². The highest BCUT2D eigenvalue weighted by atomic mass is 16.5. The van der Waals surface area contributed by atoms with Crippen molar-refractivity contribution in [3.05, 3.63) is 60.2 Å². The number of hydrogen-bond acceptors (Lipinski definition) is 4. The molecule has 1 N–H and O–H groups in total. The first-order valence-electron chi connectivity index (χ1n) is 8.92. The van der Waals surface area contributed by atoms with Gasteiger partial charge in [-0.3, -0.25) is 9.59 Å². The van der Waals surface area contributed by atoms with Crippen LogP contribution in [0.25, 0.3) is 0 Å². The molecule has 6 heteroatoms. The van der Waals surface area contributed by atoms with Gasteiger partial charge in [-0.2, -0.15) is 0 Å². The number of benzene rings is 2. The number of hydrogen-bond donors (Lipinski definition) is 1. The van der Waals surface area contributed by atoms with Gasteiger partial charge >= 0.3 is 0 Å². The van der Waals surface area contributed by atoms with Crippen LogP contribution in [0.3, 0.4) is 0 Å². The monoisotopic (exact) mass is 370 g/mol. The van der Waals surface area contributed by atoms with Crippen LogP contribution in [0.2, 0.25) is 0 Å². The summed E-state index contributed by atoms with van der Waals surface area (Å²) in [6.07, 6.45) is 0.783.